The lowest BCUT2D eigenvalue weighted by Crippen LogP contribution is -2.29. The number of aldehydes is 1. The van der Waals surface area contributed by atoms with Crippen LogP contribution in [0.25, 0.3) is 0 Å². The number of hydrogen-bond donors (Lipinski definition) is 1. The van der Waals surface area contributed by atoms with E-state index >= 15 is 0 Å². The summed E-state index contributed by atoms with van der Waals surface area (Å²) in [7, 11) is 0. The summed E-state index contributed by atoms with van der Waals surface area (Å²) >= 11 is 0. The van der Waals surface area contributed by atoms with Gasteiger partial charge in [-0.25, -0.2) is 9.18 Å². The first-order valence-electron chi connectivity index (χ1n) is 6.85. The van der Waals surface area contributed by atoms with Crippen molar-refractivity contribution in [3.63, 3.8) is 0 Å². The van der Waals surface area contributed by atoms with Gasteiger partial charge in [-0.1, -0.05) is 42.5 Å². The summed E-state index contributed by atoms with van der Waals surface area (Å²) in [6, 6.07) is 14.4. The SMILES string of the molecule is O=CCC(NC(=O)OCc1ccccc1)c1cccc(F)c1. The predicted octanol–water partition coefficient (Wildman–Crippen LogP) is 3.38. The van der Waals surface area contributed by atoms with Crippen molar-refractivity contribution in [3.8, 4) is 0 Å². The Morgan fingerprint density at radius 2 is 1.95 bits per heavy atom. The number of ether oxygens (including phenoxy) is 1. The predicted molar refractivity (Wildman–Crippen MR) is 79.6 cm³/mol. The van der Waals surface area contributed by atoms with Gasteiger partial charge in [-0.2, -0.15) is 0 Å². The maximum Gasteiger partial charge on any atom is 0.407 e. The maximum absolute atomic E-state index is 13.2. The lowest BCUT2D eigenvalue weighted by molar-refractivity contribution is -0.108. The fourth-order valence-electron chi connectivity index (χ4n) is 2.00. The van der Waals surface area contributed by atoms with Gasteiger partial charge in [0.05, 0.1) is 6.04 Å². The molecule has 1 atom stereocenters. The van der Waals surface area contributed by atoms with Gasteiger partial charge in [0.25, 0.3) is 0 Å². The number of benzene rings is 2. The highest BCUT2D eigenvalue weighted by Gasteiger charge is 2.15. The molecule has 114 valence electrons. The monoisotopic (exact) mass is 301 g/mol. The first-order valence-corrected chi connectivity index (χ1v) is 6.85. The van der Waals surface area contributed by atoms with Crippen molar-refractivity contribution in [2.45, 2.75) is 19.1 Å². The van der Waals surface area contributed by atoms with Crippen LogP contribution in [0.2, 0.25) is 0 Å². The summed E-state index contributed by atoms with van der Waals surface area (Å²) in [5, 5.41) is 2.57. The number of hydrogen-bond acceptors (Lipinski definition) is 3. The molecule has 4 nitrogen and oxygen atoms in total. The van der Waals surface area contributed by atoms with Crippen LogP contribution < -0.4 is 5.32 Å². The van der Waals surface area contributed by atoms with Crippen LogP contribution in [0.5, 0.6) is 0 Å². The number of carbonyl (C=O) groups is 2. The summed E-state index contributed by atoms with van der Waals surface area (Å²) in [6.45, 7) is 0.129. The topological polar surface area (TPSA) is 55.4 Å². The van der Waals surface area contributed by atoms with Crippen molar-refractivity contribution in [3.05, 3.63) is 71.5 Å². The summed E-state index contributed by atoms with van der Waals surface area (Å²) in [6.07, 6.45) is 0.0664. The van der Waals surface area contributed by atoms with Crippen molar-refractivity contribution in [1.82, 2.24) is 5.32 Å². The number of halogens is 1. The zero-order valence-corrected chi connectivity index (χ0v) is 11.9. The molecule has 22 heavy (non-hydrogen) atoms. The van der Waals surface area contributed by atoms with Crippen LogP contribution in [0.3, 0.4) is 0 Å². The van der Waals surface area contributed by atoms with Crippen molar-refractivity contribution in [2.24, 2.45) is 0 Å². The Kier molecular flexibility index (Phi) is 5.65. The zero-order valence-electron chi connectivity index (χ0n) is 11.9. The van der Waals surface area contributed by atoms with Crippen molar-refractivity contribution in [2.75, 3.05) is 0 Å². The molecule has 1 amide bonds. The highest BCUT2D eigenvalue weighted by atomic mass is 19.1. The molecule has 1 unspecified atom stereocenters. The first-order chi connectivity index (χ1) is 10.7. The van der Waals surface area contributed by atoms with E-state index in [1.54, 1.807) is 6.07 Å². The van der Waals surface area contributed by atoms with Crippen LogP contribution in [-0.2, 0) is 16.1 Å². The zero-order chi connectivity index (χ0) is 15.8. The molecule has 0 heterocycles. The van der Waals surface area contributed by atoms with E-state index in [9.17, 15) is 14.0 Å². The van der Waals surface area contributed by atoms with E-state index in [0.717, 1.165) is 5.56 Å². The lowest BCUT2D eigenvalue weighted by atomic mass is 10.0. The van der Waals surface area contributed by atoms with Crippen LogP contribution in [0.15, 0.2) is 54.6 Å². The average Bonchev–Trinajstić information content (AvgIpc) is 2.53. The number of amides is 1. The fourth-order valence-corrected chi connectivity index (χ4v) is 2.00. The summed E-state index contributed by atoms with van der Waals surface area (Å²) in [5.41, 5.74) is 1.37. The van der Waals surface area contributed by atoms with Crippen LogP contribution in [0.4, 0.5) is 9.18 Å². The van der Waals surface area contributed by atoms with Gasteiger partial charge in [-0.15, -0.1) is 0 Å². The Bertz CT molecular complexity index is 631. The molecule has 2 aromatic rings. The minimum Gasteiger partial charge on any atom is -0.445 e. The molecule has 0 radical (unpaired) electrons. The Labute approximate surface area is 127 Å². The molecule has 2 aromatic carbocycles. The van der Waals surface area contributed by atoms with E-state index in [1.165, 1.54) is 18.2 Å². The third-order valence-electron chi connectivity index (χ3n) is 3.09. The normalized spacial score (nSPS) is 11.5. The Balaban J connectivity index is 1.95. The van der Waals surface area contributed by atoms with Crippen molar-refractivity contribution >= 4 is 12.4 Å². The fraction of sp³-hybridized carbons (Fsp3) is 0.176. The van der Waals surface area contributed by atoms with E-state index in [2.05, 4.69) is 5.32 Å². The Morgan fingerprint density at radius 3 is 2.64 bits per heavy atom. The molecule has 0 aliphatic heterocycles. The third kappa shape index (κ3) is 4.70. The second-order valence-electron chi connectivity index (χ2n) is 4.72. The lowest BCUT2D eigenvalue weighted by Gasteiger charge is -2.17. The van der Waals surface area contributed by atoms with E-state index in [-0.39, 0.29) is 13.0 Å². The molecule has 0 spiro atoms. The first kappa shape index (κ1) is 15.7. The number of carbonyl (C=O) groups excluding carboxylic acids is 2. The third-order valence-corrected chi connectivity index (χ3v) is 3.09. The molecular formula is C17H16FNO3. The molecule has 0 fully saturated rings. The van der Waals surface area contributed by atoms with Gasteiger partial charge in [-0.3, -0.25) is 0 Å². The van der Waals surface area contributed by atoms with E-state index < -0.39 is 18.0 Å². The molecular weight excluding hydrogens is 285 g/mol. The minimum absolute atomic E-state index is 0.0455. The second kappa shape index (κ2) is 7.93. The highest BCUT2D eigenvalue weighted by Crippen LogP contribution is 2.17. The molecule has 2 rings (SSSR count). The molecule has 1 N–H and O–H groups in total. The Morgan fingerprint density at radius 1 is 1.18 bits per heavy atom. The molecule has 0 aliphatic carbocycles. The second-order valence-corrected chi connectivity index (χ2v) is 4.72. The van der Waals surface area contributed by atoms with E-state index in [0.29, 0.717) is 11.8 Å². The molecule has 0 saturated carbocycles. The maximum atomic E-state index is 13.2. The van der Waals surface area contributed by atoms with Gasteiger partial charge >= 0.3 is 6.09 Å². The highest BCUT2D eigenvalue weighted by molar-refractivity contribution is 5.68. The van der Waals surface area contributed by atoms with Gasteiger partial charge in [0.2, 0.25) is 0 Å². The van der Waals surface area contributed by atoms with E-state index in [4.69, 9.17) is 4.74 Å². The van der Waals surface area contributed by atoms with Gasteiger partial charge in [0.1, 0.15) is 18.7 Å². The average molecular weight is 301 g/mol. The van der Waals surface area contributed by atoms with Crippen LogP contribution in [-0.4, -0.2) is 12.4 Å². The smallest absolute Gasteiger partial charge is 0.407 e. The van der Waals surface area contributed by atoms with Crippen LogP contribution in [0, 0.1) is 5.82 Å². The van der Waals surface area contributed by atoms with Gasteiger partial charge < -0.3 is 14.8 Å². The molecule has 0 aromatic heterocycles. The molecule has 0 aliphatic rings. The number of nitrogens with one attached hydrogen (secondary N) is 1. The van der Waals surface area contributed by atoms with Gasteiger partial charge in [0, 0.05) is 6.42 Å². The standard InChI is InChI=1S/C17H16FNO3/c18-15-8-4-7-14(11-15)16(9-10-20)19-17(21)22-12-13-5-2-1-3-6-13/h1-8,10-11,16H,9,12H2,(H,19,21). The largest absolute Gasteiger partial charge is 0.445 e. The van der Waals surface area contributed by atoms with Crippen molar-refractivity contribution in [1.29, 1.82) is 0 Å². The molecule has 5 heteroatoms. The van der Waals surface area contributed by atoms with Crippen molar-refractivity contribution < 1.29 is 18.7 Å². The quantitative estimate of drug-likeness (QED) is 0.832. The van der Waals surface area contributed by atoms with Crippen LogP contribution in [0.1, 0.15) is 23.6 Å². The Hall–Kier alpha value is -2.69. The molecule has 0 saturated heterocycles. The van der Waals surface area contributed by atoms with Gasteiger partial charge in [0.15, 0.2) is 0 Å². The number of rotatable bonds is 6. The summed E-state index contributed by atoms with van der Waals surface area (Å²) in [4.78, 5) is 22.6. The number of alkyl carbamates (subject to hydrolysis) is 1. The molecule has 0 bridgehead atoms. The van der Waals surface area contributed by atoms with Gasteiger partial charge in [-0.05, 0) is 23.3 Å². The van der Waals surface area contributed by atoms with Crippen LogP contribution >= 0.6 is 0 Å². The summed E-state index contributed by atoms with van der Waals surface area (Å²) < 4.78 is 18.3. The van der Waals surface area contributed by atoms with E-state index in [1.807, 2.05) is 30.3 Å². The minimum atomic E-state index is -0.653. The summed E-state index contributed by atoms with van der Waals surface area (Å²) in [5.74, 6) is -0.423.